The van der Waals surface area contributed by atoms with Gasteiger partial charge in [-0.15, -0.1) is 0 Å². The Morgan fingerprint density at radius 1 is 1.41 bits per heavy atom. The molecule has 0 spiro atoms. The number of aromatic nitrogens is 4. The van der Waals surface area contributed by atoms with E-state index >= 15 is 0 Å². The van der Waals surface area contributed by atoms with E-state index in [4.69, 9.17) is 0 Å². The van der Waals surface area contributed by atoms with Crippen LogP contribution in [0, 0.1) is 0 Å². The Hall–Kier alpha value is -1.62. The van der Waals surface area contributed by atoms with Gasteiger partial charge in [0.25, 0.3) is 0 Å². The fourth-order valence-electron chi connectivity index (χ4n) is 2.01. The molecule has 0 aliphatic heterocycles. The molecule has 0 aliphatic rings. The minimum atomic E-state index is 0.334. The van der Waals surface area contributed by atoms with Gasteiger partial charge >= 0.3 is 0 Å². The molecule has 2 heterocycles. The Morgan fingerprint density at radius 3 is 2.76 bits per heavy atom. The molecule has 1 unspecified atom stereocenters. The first-order valence-corrected chi connectivity index (χ1v) is 5.82. The van der Waals surface area contributed by atoms with E-state index in [0.717, 1.165) is 18.7 Å². The molecule has 1 atom stereocenters. The van der Waals surface area contributed by atoms with Crippen LogP contribution in [-0.2, 0) is 20.5 Å². The first-order chi connectivity index (χ1) is 8.20. The number of rotatable bonds is 5. The molecule has 0 saturated carbocycles. The van der Waals surface area contributed by atoms with Crippen molar-refractivity contribution in [1.82, 2.24) is 24.6 Å². The largest absolute Gasteiger partial charge is 0.338 e. The normalized spacial score (nSPS) is 12.9. The van der Waals surface area contributed by atoms with Crippen LogP contribution in [0.5, 0.6) is 0 Å². The fourth-order valence-corrected chi connectivity index (χ4v) is 2.01. The summed E-state index contributed by atoms with van der Waals surface area (Å²) in [6, 6.07) is 0.334. The van der Waals surface area contributed by atoms with E-state index in [2.05, 4.69) is 26.2 Å². The van der Waals surface area contributed by atoms with Crippen molar-refractivity contribution < 1.29 is 0 Å². The maximum atomic E-state index is 4.34. The minimum absolute atomic E-state index is 0.334. The summed E-state index contributed by atoms with van der Waals surface area (Å²) in [4.78, 5) is 4.34. The molecule has 2 rings (SSSR count). The second-order valence-electron chi connectivity index (χ2n) is 4.28. The zero-order valence-corrected chi connectivity index (χ0v) is 10.6. The second-order valence-corrected chi connectivity index (χ2v) is 4.28. The molecule has 0 fully saturated rings. The number of hydrogen-bond donors (Lipinski definition) is 1. The molecule has 92 valence electrons. The Balaban J connectivity index is 1.99. The van der Waals surface area contributed by atoms with Gasteiger partial charge in [-0.2, -0.15) is 5.10 Å². The summed E-state index contributed by atoms with van der Waals surface area (Å²) in [6.45, 7) is 0. The van der Waals surface area contributed by atoms with Gasteiger partial charge in [-0.1, -0.05) is 0 Å². The zero-order valence-electron chi connectivity index (χ0n) is 10.6. The van der Waals surface area contributed by atoms with Gasteiger partial charge in [-0.25, -0.2) is 4.98 Å². The van der Waals surface area contributed by atoms with E-state index < -0.39 is 0 Å². The molecule has 5 nitrogen and oxygen atoms in total. The van der Waals surface area contributed by atoms with E-state index in [1.54, 1.807) is 0 Å². The molecular weight excluding hydrogens is 214 g/mol. The van der Waals surface area contributed by atoms with Crippen LogP contribution in [-0.4, -0.2) is 26.4 Å². The summed E-state index contributed by atoms with van der Waals surface area (Å²) in [5.74, 6) is 1.12. The smallest absolute Gasteiger partial charge is 0.108 e. The molecule has 17 heavy (non-hydrogen) atoms. The quantitative estimate of drug-likeness (QED) is 0.839. The van der Waals surface area contributed by atoms with Crippen molar-refractivity contribution in [3.63, 3.8) is 0 Å². The highest BCUT2D eigenvalue weighted by Gasteiger charge is 2.12. The fraction of sp³-hybridized carbons (Fsp3) is 0.500. The van der Waals surface area contributed by atoms with Crippen LogP contribution in [0.25, 0.3) is 0 Å². The zero-order chi connectivity index (χ0) is 12.3. The van der Waals surface area contributed by atoms with Crippen LogP contribution < -0.4 is 5.32 Å². The number of nitrogens with zero attached hydrogens (tertiary/aromatic N) is 4. The summed E-state index contributed by atoms with van der Waals surface area (Å²) in [5, 5.41) is 7.53. The Morgan fingerprint density at radius 2 is 2.24 bits per heavy atom. The van der Waals surface area contributed by atoms with Crippen molar-refractivity contribution in [3.05, 3.63) is 36.2 Å². The van der Waals surface area contributed by atoms with Crippen molar-refractivity contribution in [2.24, 2.45) is 14.1 Å². The highest BCUT2D eigenvalue weighted by atomic mass is 15.2. The Kier molecular flexibility index (Phi) is 3.58. The molecule has 1 N–H and O–H groups in total. The van der Waals surface area contributed by atoms with Gasteiger partial charge in [0.05, 0.1) is 6.20 Å². The number of imidazole rings is 1. The molecule has 2 aromatic heterocycles. The van der Waals surface area contributed by atoms with Crippen LogP contribution in [0.1, 0.15) is 23.9 Å². The molecule has 0 amide bonds. The van der Waals surface area contributed by atoms with E-state index in [0.29, 0.717) is 6.04 Å². The molecule has 0 bridgehead atoms. The summed E-state index contributed by atoms with van der Waals surface area (Å²) in [7, 11) is 5.95. The van der Waals surface area contributed by atoms with E-state index in [1.807, 2.05) is 44.4 Å². The van der Waals surface area contributed by atoms with Gasteiger partial charge in [0.1, 0.15) is 5.82 Å². The van der Waals surface area contributed by atoms with Gasteiger partial charge in [0, 0.05) is 50.7 Å². The van der Waals surface area contributed by atoms with E-state index in [1.165, 1.54) is 5.56 Å². The lowest BCUT2D eigenvalue weighted by Crippen LogP contribution is -2.17. The molecule has 5 heteroatoms. The highest BCUT2D eigenvalue weighted by molar-refractivity contribution is 5.10. The molecule has 0 saturated heterocycles. The lowest BCUT2D eigenvalue weighted by molar-refractivity contribution is 0.535. The highest BCUT2D eigenvalue weighted by Crippen LogP contribution is 2.17. The maximum Gasteiger partial charge on any atom is 0.108 e. The van der Waals surface area contributed by atoms with Crippen molar-refractivity contribution >= 4 is 0 Å². The van der Waals surface area contributed by atoms with Crippen LogP contribution in [0.2, 0.25) is 0 Å². The van der Waals surface area contributed by atoms with Crippen LogP contribution in [0.15, 0.2) is 24.8 Å². The van der Waals surface area contributed by atoms with Crippen molar-refractivity contribution in [1.29, 1.82) is 0 Å². The molecule has 0 radical (unpaired) electrons. The van der Waals surface area contributed by atoms with Crippen molar-refractivity contribution in [2.75, 3.05) is 7.05 Å². The van der Waals surface area contributed by atoms with Crippen molar-refractivity contribution in [3.8, 4) is 0 Å². The lowest BCUT2D eigenvalue weighted by Gasteiger charge is -2.13. The first kappa shape index (κ1) is 11.9. The van der Waals surface area contributed by atoms with Crippen LogP contribution >= 0.6 is 0 Å². The van der Waals surface area contributed by atoms with Crippen molar-refractivity contribution in [2.45, 2.75) is 18.9 Å². The predicted octanol–water partition coefficient (Wildman–Crippen LogP) is 1.05. The summed E-state index contributed by atoms with van der Waals surface area (Å²) in [5.41, 5.74) is 1.23. The third-order valence-electron chi connectivity index (χ3n) is 3.05. The summed E-state index contributed by atoms with van der Waals surface area (Å²) >= 11 is 0. The topological polar surface area (TPSA) is 47.7 Å². The van der Waals surface area contributed by atoms with Gasteiger partial charge in [0.2, 0.25) is 0 Å². The van der Waals surface area contributed by atoms with Gasteiger partial charge in [-0.3, -0.25) is 4.68 Å². The maximum absolute atomic E-state index is 4.34. The van der Waals surface area contributed by atoms with E-state index in [9.17, 15) is 0 Å². The van der Waals surface area contributed by atoms with Crippen LogP contribution in [0.4, 0.5) is 0 Å². The molecule has 0 aromatic carbocycles. The molecule has 2 aromatic rings. The average Bonchev–Trinajstić information content (AvgIpc) is 2.90. The number of aryl methyl sites for hydroxylation is 3. The average molecular weight is 233 g/mol. The third kappa shape index (κ3) is 2.74. The van der Waals surface area contributed by atoms with E-state index in [-0.39, 0.29) is 0 Å². The monoisotopic (exact) mass is 233 g/mol. The Labute approximate surface area is 101 Å². The first-order valence-electron chi connectivity index (χ1n) is 5.82. The van der Waals surface area contributed by atoms with Gasteiger partial charge < -0.3 is 9.88 Å². The minimum Gasteiger partial charge on any atom is -0.338 e. The SMILES string of the molecule is CNC(CCc1nccn1C)c1cnn(C)c1. The molecule has 0 aliphatic carbocycles. The predicted molar refractivity (Wildman–Crippen MR) is 66.5 cm³/mol. The second kappa shape index (κ2) is 5.14. The van der Waals surface area contributed by atoms with Gasteiger partial charge in [-0.05, 0) is 13.5 Å². The number of nitrogens with one attached hydrogen (secondary N) is 1. The Bertz CT molecular complexity index is 471. The van der Waals surface area contributed by atoms with Crippen LogP contribution in [0.3, 0.4) is 0 Å². The summed E-state index contributed by atoms with van der Waals surface area (Å²) in [6.07, 6.45) is 9.78. The lowest BCUT2D eigenvalue weighted by atomic mass is 10.1. The van der Waals surface area contributed by atoms with Gasteiger partial charge in [0.15, 0.2) is 0 Å². The number of hydrogen-bond acceptors (Lipinski definition) is 3. The standard InChI is InChI=1S/C12H19N5/c1-13-11(10-8-15-17(3)9-10)4-5-12-14-6-7-16(12)2/h6-9,11,13H,4-5H2,1-3H3. The molecular formula is C12H19N5. The summed E-state index contributed by atoms with van der Waals surface area (Å²) < 4.78 is 3.90. The third-order valence-corrected chi connectivity index (χ3v) is 3.05.